The number of carbonyl (C=O) groups is 1. The van der Waals surface area contributed by atoms with Crippen molar-refractivity contribution in [3.8, 4) is 0 Å². The van der Waals surface area contributed by atoms with Crippen molar-refractivity contribution >= 4 is 22.1 Å². The van der Waals surface area contributed by atoms with Gasteiger partial charge in [-0.2, -0.15) is 0 Å². The zero-order valence-corrected chi connectivity index (χ0v) is 14.5. The summed E-state index contributed by atoms with van der Waals surface area (Å²) in [6, 6.07) is 10.7. The first-order chi connectivity index (χ1) is 11.7. The zero-order valence-electron chi connectivity index (χ0n) is 13.7. The van der Waals surface area contributed by atoms with Gasteiger partial charge >= 0.3 is 0 Å². The van der Waals surface area contributed by atoms with Crippen LogP contribution >= 0.6 is 11.3 Å². The number of hydrogen-bond acceptors (Lipinski definition) is 4. The van der Waals surface area contributed by atoms with Gasteiger partial charge in [-0.15, -0.1) is 5.10 Å². The minimum absolute atomic E-state index is 0.0590. The fourth-order valence-electron chi connectivity index (χ4n) is 3.39. The highest BCUT2D eigenvalue weighted by Crippen LogP contribution is 2.25. The Balaban J connectivity index is 1.58. The number of imidazole rings is 1. The molecule has 0 aliphatic carbocycles. The molecule has 0 bridgehead atoms. The Hall–Kier alpha value is -2.21. The van der Waals surface area contributed by atoms with Crippen molar-refractivity contribution in [3.63, 3.8) is 0 Å². The first-order valence-electron chi connectivity index (χ1n) is 8.38. The van der Waals surface area contributed by atoms with Crippen LogP contribution in [0.15, 0.2) is 36.5 Å². The number of aromatic nitrogens is 3. The molecule has 0 saturated carbocycles. The molecule has 6 heteroatoms. The van der Waals surface area contributed by atoms with Gasteiger partial charge in [0.15, 0.2) is 0 Å². The summed E-state index contributed by atoms with van der Waals surface area (Å²) in [4.78, 5) is 20.2. The van der Waals surface area contributed by atoms with Crippen molar-refractivity contribution in [2.45, 2.75) is 38.6 Å². The Labute approximate surface area is 144 Å². The van der Waals surface area contributed by atoms with E-state index in [0.717, 1.165) is 36.5 Å². The summed E-state index contributed by atoms with van der Waals surface area (Å²) in [6.45, 7) is 2.72. The van der Waals surface area contributed by atoms with Gasteiger partial charge in [0.25, 0.3) is 5.91 Å². The van der Waals surface area contributed by atoms with Crippen LogP contribution in [-0.4, -0.2) is 38.0 Å². The predicted octanol–water partition coefficient (Wildman–Crippen LogP) is 3.34. The van der Waals surface area contributed by atoms with E-state index < -0.39 is 0 Å². The standard InChI is InChI=1S/C18H20N4OS/c1-13-19-12-16-22(13)20-17(24-16)18(23)21-10-6-5-9-15(21)11-14-7-3-2-4-8-14/h2-4,7-8,12,15H,5-6,9-11H2,1H3. The van der Waals surface area contributed by atoms with E-state index in [4.69, 9.17) is 0 Å². The van der Waals surface area contributed by atoms with Crippen molar-refractivity contribution in [3.05, 3.63) is 52.9 Å². The first kappa shape index (κ1) is 15.3. The van der Waals surface area contributed by atoms with Crippen molar-refractivity contribution in [2.24, 2.45) is 0 Å². The number of aryl methyl sites for hydroxylation is 1. The quantitative estimate of drug-likeness (QED) is 0.735. The lowest BCUT2D eigenvalue weighted by Crippen LogP contribution is -2.44. The van der Waals surface area contributed by atoms with E-state index in [0.29, 0.717) is 5.01 Å². The van der Waals surface area contributed by atoms with Crippen LogP contribution in [0.3, 0.4) is 0 Å². The minimum atomic E-state index is 0.0590. The molecule has 1 fully saturated rings. The molecule has 1 unspecified atom stereocenters. The maximum absolute atomic E-state index is 13.0. The average Bonchev–Trinajstić information content (AvgIpc) is 3.18. The Morgan fingerprint density at radius 2 is 2.12 bits per heavy atom. The summed E-state index contributed by atoms with van der Waals surface area (Å²) in [5, 5.41) is 5.04. The van der Waals surface area contributed by atoms with Crippen LogP contribution in [-0.2, 0) is 6.42 Å². The lowest BCUT2D eigenvalue weighted by Gasteiger charge is -2.35. The van der Waals surface area contributed by atoms with E-state index in [-0.39, 0.29) is 11.9 Å². The second-order valence-electron chi connectivity index (χ2n) is 6.30. The Kier molecular flexibility index (Phi) is 4.06. The predicted molar refractivity (Wildman–Crippen MR) is 94.4 cm³/mol. The summed E-state index contributed by atoms with van der Waals surface area (Å²) < 4.78 is 1.76. The molecule has 1 amide bonds. The zero-order chi connectivity index (χ0) is 16.5. The largest absolute Gasteiger partial charge is 0.333 e. The van der Waals surface area contributed by atoms with E-state index in [2.05, 4.69) is 34.3 Å². The van der Waals surface area contributed by atoms with Gasteiger partial charge in [0.05, 0.1) is 6.20 Å². The van der Waals surface area contributed by atoms with Crippen LogP contribution < -0.4 is 0 Å². The van der Waals surface area contributed by atoms with Gasteiger partial charge < -0.3 is 4.90 Å². The highest BCUT2D eigenvalue weighted by Gasteiger charge is 2.29. The number of amides is 1. The molecular formula is C18H20N4OS. The molecule has 4 rings (SSSR count). The highest BCUT2D eigenvalue weighted by atomic mass is 32.1. The van der Waals surface area contributed by atoms with E-state index in [1.54, 1.807) is 10.7 Å². The Bertz CT molecular complexity index is 854. The van der Waals surface area contributed by atoms with E-state index >= 15 is 0 Å². The monoisotopic (exact) mass is 340 g/mol. The number of rotatable bonds is 3. The SMILES string of the molecule is Cc1ncc2sc(C(=O)N3CCCCC3Cc3ccccc3)nn12. The topological polar surface area (TPSA) is 50.5 Å². The van der Waals surface area contributed by atoms with Crippen molar-refractivity contribution in [1.82, 2.24) is 19.5 Å². The lowest BCUT2D eigenvalue weighted by atomic mass is 9.95. The number of benzene rings is 1. The summed E-state index contributed by atoms with van der Waals surface area (Å²) in [6.07, 6.45) is 6.01. The van der Waals surface area contributed by atoms with Crippen LogP contribution in [0.1, 0.15) is 40.5 Å². The summed E-state index contributed by atoms with van der Waals surface area (Å²) in [5.41, 5.74) is 1.29. The molecule has 0 spiro atoms. The molecule has 3 aromatic rings. The molecule has 1 atom stereocenters. The van der Waals surface area contributed by atoms with Gasteiger partial charge in [-0.1, -0.05) is 41.7 Å². The smallest absolute Gasteiger partial charge is 0.285 e. The van der Waals surface area contributed by atoms with Crippen molar-refractivity contribution in [1.29, 1.82) is 0 Å². The van der Waals surface area contributed by atoms with Gasteiger partial charge in [-0.25, -0.2) is 9.50 Å². The molecule has 24 heavy (non-hydrogen) atoms. The molecule has 1 aliphatic heterocycles. The van der Waals surface area contributed by atoms with Crippen molar-refractivity contribution in [2.75, 3.05) is 6.54 Å². The summed E-state index contributed by atoms with van der Waals surface area (Å²) in [5.74, 6) is 0.878. The minimum Gasteiger partial charge on any atom is -0.333 e. The highest BCUT2D eigenvalue weighted by molar-refractivity contribution is 7.18. The average molecular weight is 340 g/mol. The number of piperidine rings is 1. The lowest BCUT2D eigenvalue weighted by molar-refractivity contribution is 0.0612. The molecule has 1 aliphatic rings. The number of carbonyl (C=O) groups excluding carboxylic acids is 1. The number of likely N-dealkylation sites (tertiary alicyclic amines) is 1. The first-order valence-corrected chi connectivity index (χ1v) is 9.20. The molecule has 5 nitrogen and oxygen atoms in total. The maximum atomic E-state index is 13.0. The second kappa shape index (κ2) is 6.36. The third-order valence-corrected chi connectivity index (χ3v) is 5.59. The number of fused-ring (bicyclic) bond motifs is 1. The molecule has 124 valence electrons. The summed E-state index contributed by atoms with van der Waals surface area (Å²) in [7, 11) is 0. The summed E-state index contributed by atoms with van der Waals surface area (Å²) >= 11 is 1.43. The van der Waals surface area contributed by atoms with Crippen LogP contribution in [0.5, 0.6) is 0 Å². The Morgan fingerprint density at radius 1 is 1.29 bits per heavy atom. The normalized spacial score (nSPS) is 18.2. The van der Waals surface area contributed by atoms with Crippen LogP contribution in [0, 0.1) is 6.92 Å². The molecular weight excluding hydrogens is 320 g/mol. The molecule has 1 aromatic carbocycles. The van der Waals surface area contributed by atoms with Crippen LogP contribution in [0.2, 0.25) is 0 Å². The van der Waals surface area contributed by atoms with Gasteiger partial charge in [0.1, 0.15) is 10.7 Å². The second-order valence-corrected chi connectivity index (χ2v) is 7.31. The molecule has 2 aromatic heterocycles. The number of hydrogen-bond donors (Lipinski definition) is 0. The molecule has 0 radical (unpaired) electrons. The maximum Gasteiger partial charge on any atom is 0.285 e. The van der Waals surface area contributed by atoms with Crippen LogP contribution in [0.4, 0.5) is 0 Å². The molecule has 1 saturated heterocycles. The molecule has 3 heterocycles. The third-order valence-electron chi connectivity index (χ3n) is 4.65. The fraction of sp³-hybridized carbons (Fsp3) is 0.389. The third kappa shape index (κ3) is 2.82. The number of nitrogens with zero attached hydrogens (tertiary/aromatic N) is 4. The van der Waals surface area contributed by atoms with Gasteiger partial charge in [0, 0.05) is 12.6 Å². The fourth-order valence-corrected chi connectivity index (χ4v) is 4.28. The van der Waals surface area contributed by atoms with Gasteiger partial charge in [-0.3, -0.25) is 4.79 Å². The van der Waals surface area contributed by atoms with Crippen molar-refractivity contribution < 1.29 is 4.79 Å². The molecule has 0 N–H and O–H groups in total. The van der Waals surface area contributed by atoms with E-state index in [1.807, 2.05) is 17.9 Å². The van der Waals surface area contributed by atoms with E-state index in [9.17, 15) is 4.79 Å². The van der Waals surface area contributed by atoms with Crippen LogP contribution in [0.25, 0.3) is 4.83 Å². The van der Waals surface area contributed by atoms with Gasteiger partial charge in [-0.05, 0) is 38.2 Å². The Morgan fingerprint density at radius 3 is 2.92 bits per heavy atom. The van der Waals surface area contributed by atoms with Gasteiger partial charge in [0.2, 0.25) is 5.01 Å². The van der Waals surface area contributed by atoms with E-state index in [1.165, 1.54) is 23.3 Å².